The molecule has 4 N–H and O–H groups in total. The summed E-state index contributed by atoms with van der Waals surface area (Å²) in [6.45, 7) is 1.87. The van der Waals surface area contributed by atoms with E-state index < -0.39 is 36.5 Å². The van der Waals surface area contributed by atoms with Crippen LogP contribution in [0.15, 0.2) is 48.6 Å². The van der Waals surface area contributed by atoms with Gasteiger partial charge in [0.2, 0.25) is 0 Å². The van der Waals surface area contributed by atoms with Crippen molar-refractivity contribution in [2.75, 3.05) is 0 Å². The molecule has 1 aliphatic rings. The first kappa shape index (κ1) is 24.3. The van der Waals surface area contributed by atoms with Gasteiger partial charge in [-0.1, -0.05) is 55.5 Å². The maximum atomic E-state index is 10.4. The van der Waals surface area contributed by atoms with Crippen molar-refractivity contribution < 1.29 is 30.0 Å². The fraction of sp³-hybridized carbons (Fsp3) is 0.591. The lowest BCUT2D eigenvalue weighted by molar-refractivity contribution is -0.136. The fourth-order valence-corrected chi connectivity index (χ4v) is 2.77. The van der Waals surface area contributed by atoms with E-state index in [1.807, 2.05) is 43.4 Å². The van der Waals surface area contributed by atoms with E-state index in [4.69, 9.17) is 9.84 Å². The van der Waals surface area contributed by atoms with Gasteiger partial charge in [-0.25, -0.2) is 0 Å². The second-order valence-electron chi connectivity index (χ2n) is 6.92. The Morgan fingerprint density at radius 1 is 1.11 bits per heavy atom. The van der Waals surface area contributed by atoms with Crippen molar-refractivity contribution in [3.8, 4) is 0 Å². The van der Waals surface area contributed by atoms with Crippen molar-refractivity contribution in [2.24, 2.45) is 0 Å². The molecule has 0 aromatic heterocycles. The Morgan fingerprint density at radius 2 is 1.75 bits per heavy atom. The van der Waals surface area contributed by atoms with Crippen LogP contribution in [-0.4, -0.2) is 56.9 Å². The van der Waals surface area contributed by atoms with Gasteiger partial charge >= 0.3 is 5.97 Å². The van der Waals surface area contributed by atoms with Crippen LogP contribution in [0.2, 0.25) is 0 Å². The van der Waals surface area contributed by atoms with Crippen LogP contribution < -0.4 is 0 Å². The molecule has 0 spiro atoms. The van der Waals surface area contributed by atoms with Gasteiger partial charge in [-0.05, 0) is 32.1 Å². The summed E-state index contributed by atoms with van der Waals surface area (Å²) in [5.74, 6) is -0.785. The van der Waals surface area contributed by atoms with Crippen molar-refractivity contribution in [3.05, 3.63) is 48.6 Å². The second-order valence-corrected chi connectivity index (χ2v) is 6.92. The van der Waals surface area contributed by atoms with Gasteiger partial charge in [0.1, 0.15) is 6.10 Å². The quantitative estimate of drug-likeness (QED) is 0.358. The standard InChI is InChI=1S/C22H34O6/c1-2-17(23)14-15-20-19(25)16-21(28-20)18(24)12-10-8-6-4-3-5-7-9-11-13-22(26)27/h3-4,7-10,14-15,17-21,23-25H,2,5-6,11-13,16H2,1H3,(H,26,27)/b4-3-,9-7-,10-8-,15-14+/t17-,18+,19-,20-,21-/m0/s1. The number of allylic oxidation sites excluding steroid dienone is 5. The number of carbonyl (C=O) groups is 1. The molecule has 1 saturated heterocycles. The van der Waals surface area contributed by atoms with E-state index in [2.05, 4.69) is 0 Å². The Morgan fingerprint density at radius 3 is 2.39 bits per heavy atom. The Kier molecular flexibility index (Phi) is 12.4. The molecule has 28 heavy (non-hydrogen) atoms. The molecule has 0 saturated carbocycles. The molecule has 0 unspecified atom stereocenters. The van der Waals surface area contributed by atoms with Gasteiger partial charge < -0.3 is 25.2 Å². The van der Waals surface area contributed by atoms with E-state index in [1.54, 1.807) is 12.2 Å². The molecule has 5 atom stereocenters. The molecule has 0 radical (unpaired) electrons. The summed E-state index contributed by atoms with van der Waals surface area (Å²) in [7, 11) is 0. The fourth-order valence-electron chi connectivity index (χ4n) is 2.77. The number of hydrogen-bond donors (Lipinski definition) is 4. The van der Waals surface area contributed by atoms with Crippen LogP contribution in [0.5, 0.6) is 0 Å². The number of carboxylic acid groups (broad SMARTS) is 1. The van der Waals surface area contributed by atoms with E-state index in [1.165, 1.54) is 0 Å². The number of carboxylic acids is 1. The highest BCUT2D eigenvalue weighted by Gasteiger charge is 2.35. The van der Waals surface area contributed by atoms with Crippen molar-refractivity contribution >= 4 is 5.97 Å². The molecule has 6 nitrogen and oxygen atoms in total. The van der Waals surface area contributed by atoms with E-state index in [-0.39, 0.29) is 6.42 Å². The molecule has 1 rings (SSSR count). The molecule has 1 heterocycles. The van der Waals surface area contributed by atoms with Crippen LogP contribution >= 0.6 is 0 Å². The minimum absolute atomic E-state index is 0.157. The predicted octanol–water partition coefficient (Wildman–Crippen LogP) is 2.90. The first-order valence-corrected chi connectivity index (χ1v) is 9.98. The zero-order chi connectivity index (χ0) is 20.8. The Hall–Kier alpha value is -1.73. The third-order valence-corrected chi connectivity index (χ3v) is 4.50. The largest absolute Gasteiger partial charge is 0.481 e. The average Bonchev–Trinajstić information content (AvgIpc) is 3.04. The summed E-state index contributed by atoms with van der Waals surface area (Å²) < 4.78 is 5.70. The van der Waals surface area contributed by atoms with E-state index in [0.29, 0.717) is 25.7 Å². The monoisotopic (exact) mass is 394 g/mol. The van der Waals surface area contributed by atoms with Crippen LogP contribution in [0, 0.1) is 0 Å². The Bertz CT molecular complexity index is 551. The van der Waals surface area contributed by atoms with Crippen LogP contribution in [0.3, 0.4) is 0 Å². The second kappa shape index (κ2) is 14.3. The smallest absolute Gasteiger partial charge is 0.303 e. The topological polar surface area (TPSA) is 107 Å². The molecule has 0 aliphatic carbocycles. The number of aliphatic hydroxyl groups excluding tert-OH is 3. The van der Waals surface area contributed by atoms with Gasteiger partial charge in [0.15, 0.2) is 0 Å². The third-order valence-electron chi connectivity index (χ3n) is 4.50. The maximum Gasteiger partial charge on any atom is 0.303 e. The highest BCUT2D eigenvalue weighted by molar-refractivity contribution is 5.66. The number of aliphatic hydroxyl groups is 3. The van der Waals surface area contributed by atoms with Crippen LogP contribution in [0.1, 0.15) is 51.9 Å². The van der Waals surface area contributed by atoms with Crippen LogP contribution in [0.25, 0.3) is 0 Å². The number of aliphatic carboxylic acids is 1. The van der Waals surface area contributed by atoms with Gasteiger partial charge in [-0.15, -0.1) is 0 Å². The first-order valence-electron chi connectivity index (χ1n) is 9.98. The van der Waals surface area contributed by atoms with E-state index in [0.717, 1.165) is 12.8 Å². The minimum atomic E-state index is -0.785. The lowest BCUT2D eigenvalue weighted by atomic mass is 10.0. The number of ether oxygens (including phenoxy) is 1. The molecule has 6 heteroatoms. The Labute approximate surface area is 167 Å². The SMILES string of the molecule is CC[C@H](O)/C=C/[C@@H]1O[C@H]([C@H](O)C/C=C\C/C=C\C/C=C\CCC(=O)O)C[C@@H]1O. The Balaban J connectivity index is 2.22. The molecule has 0 bridgehead atoms. The van der Waals surface area contributed by atoms with Crippen molar-refractivity contribution in [3.63, 3.8) is 0 Å². The molecule has 0 aromatic rings. The summed E-state index contributed by atoms with van der Waals surface area (Å²) in [6, 6.07) is 0. The summed E-state index contributed by atoms with van der Waals surface area (Å²) in [5, 5.41) is 38.3. The van der Waals surface area contributed by atoms with Gasteiger partial charge in [0.25, 0.3) is 0 Å². The molecule has 0 aromatic carbocycles. The minimum Gasteiger partial charge on any atom is -0.481 e. The lowest BCUT2D eigenvalue weighted by Crippen LogP contribution is -2.25. The summed E-state index contributed by atoms with van der Waals surface area (Å²) in [4.78, 5) is 10.4. The molecular formula is C22H34O6. The van der Waals surface area contributed by atoms with Crippen molar-refractivity contribution in [1.29, 1.82) is 0 Å². The first-order chi connectivity index (χ1) is 13.4. The zero-order valence-electron chi connectivity index (χ0n) is 16.6. The highest BCUT2D eigenvalue weighted by Crippen LogP contribution is 2.25. The molecule has 1 fully saturated rings. The van der Waals surface area contributed by atoms with Gasteiger partial charge in [-0.2, -0.15) is 0 Å². The van der Waals surface area contributed by atoms with Crippen LogP contribution in [0.4, 0.5) is 0 Å². The van der Waals surface area contributed by atoms with Gasteiger partial charge in [0, 0.05) is 12.8 Å². The molecule has 0 amide bonds. The third kappa shape index (κ3) is 10.6. The van der Waals surface area contributed by atoms with Gasteiger partial charge in [-0.3, -0.25) is 4.79 Å². The number of rotatable bonds is 13. The van der Waals surface area contributed by atoms with E-state index >= 15 is 0 Å². The summed E-state index contributed by atoms with van der Waals surface area (Å²) in [5.41, 5.74) is 0. The summed E-state index contributed by atoms with van der Waals surface area (Å²) >= 11 is 0. The van der Waals surface area contributed by atoms with Crippen molar-refractivity contribution in [2.45, 2.75) is 82.4 Å². The van der Waals surface area contributed by atoms with Gasteiger partial charge in [0.05, 0.1) is 24.4 Å². The van der Waals surface area contributed by atoms with Crippen LogP contribution in [-0.2, 0) is 9.53 Å². The number of hydrogen-bond acceptors (Lipinski definition) is 5. The normalized spacial score (nSPS) is 25.5. The average molecular weight is 395 g/mol. The van der Waals surface area contributed by atoms with Crippen molar-refractivity contribution in [1.82, 2.24) is 0 Å². The zero-order valence-corrected chi connectivity index (χ0v) is 16.6. The molecule has 158 valence electrons. The van der Waals surface area contributed by atoms with E-state index in [9.17, 15) is 20.1 Å². The predicted molar refractivity (Wildman–Crippen MR) is 109 cm³/mol. The lowest BCUT2D eigenvalue weighted by Gasteiger charge is -2.16. The molecular weight excluding hydrogens is 360 g/mol. The summed E-state index contributed by atoms with van der Waals surface area (Å²) in [6.07, 6.45) is 15.9. The molecule has 1 aliphatic heterocycles. The highest BCUT2D eigenvalue weighted by atomic mass is 16.5. The maximum absolute atomic E-state index is 10.4.